The first kappa shape index (κ1) is 27.9. The fraction of sp³-hybridized carbons (Fsp3) is 0.545. The molecule has 3 aromatic rings. The molecule has 2 N–H and O–H groups in total. The zero-order valence-corrected chi connectivity index (χ0v) is 24.9. The Labute approximate surface area is 242 Å². The van der Waals surface area contributed by atoms with Crippen LogP contribution in [-0.4, -0.2) is 52.1 Å². The fourth-order valence-electron chi connectivity index (χ4n) is 7.48. The van der Waals surface area contributed by atoms with Gasteiger partial charge in [0.1, 0.15) is 5.82 Å². The van der Waals surface area contributed by atoms with Gasteiger partial charge < -0.3 is 15.5 Å². The molecule has 0 amide bonds. The highest BCUT2D eigenvalue weighted by Gasteiger charge is 2.56. The van der Waals surface area contributed by atoms with Gasteiger partial charge in [0.05, 0.1) is 23.3 Å². The minimum atomic E-state index is -0.260. The summed E-state index contributed by atoms with van der Waals surface area (Å²) in [7, 11) is 0. The Balaban J connectivity index is 1.25. The van der Waals surface area contributed by atoms with Gasteiger partial charge in [0.2, 0.25) is 0 Å². The molecular weight excluding hydrogens is 515 g/mol. The summed E-state index contributed by atoms with van der Waals surface area (Å²) < 4.78 is 15.0. The Morgan fingerprint density at radius 3 is 2.68 bits per heavy atom. The molecule has 8 heteroatoms. The van der Waals surface area contributed by atoms with E-state index in [9.17, 15) is 9.18 Å². The van der Waals surface area contributed by atoms with Gasteiger partial charge in [-0.15, -0.1) is 0 Å². The van der Waals surface area contributed by atoms with Crippen LogP contribution in [0.15, 0.2) is 58.6 Å². The molecule has 4 fully saturated rings. The molecule has 6 unspecified atom stereocenters. The van der Waals surface area contributed by atoms with Crippen molar-refractivity contribution in [3.05, 3.63) is 70.5 Å². The highest BCUT2D eigenvalue weighted by molar-refractivity contribution is 5.96. The molecule has 1 aliphatic heterocycles. The van der Waals surface area contributed by atoms with Crippen LogP contribution in [-0.2, 0) is 6.42 Å². The zero-order valence-electron chi connectivity index (χ0n) is 24.9. The lowest BCUT2D eigenvalue weighted by molar-refractivity contribution is -0.108. The van der Waals surface area contributed by atoms with Crippen LogP contribution in [0.1, 0.15) is 59.1 Å². The van der Waals surface area contributed by atoms with Crippen LogP contribution >= 0.6 is 0 Å². The average Bonchev–Trinajstić information content (AvgIpc) is 2.94. The molecule has 41 heavy (non-hydrogen) atoms. The van der Waals surface area contributed by atoms with Crippen LogP contribution in [0.4, 0.5) is 10.1 Å². The minimum Gasteiger partial charge on any atom is -0.340 e. The lowest BCUT2D eigenvalue weighted by Gasteiger charge is -2.61. The van der Waals surface area contributed by atoms with E-state index in [1.165, 1.54) is 18.6 Å². The summed E-state index contributed by atoms with van der Waals surface area (Å²) in [6.45, 7) is 14.2. The van der Waals surface area contributed by atoms with Crippen LogP contribution in [0, 0.1) is 29.0 Å². The molecular formula is C33H43FN6O. The smallest absolute Gasteiger partial charge is 0.261 e. The molecule has 4 aliphatic rings. The first-order valence-electron chi connectivity index (χ1n) is 15.2. The molecule has 2 heterocycles. The van der Waals surface area contributed by atoms with Crippen molar-refractivity contribution in [3.8, 4) is 0 Å². The summed E-state index contributed by atoms with van der Waals surface area (Å²) in [5.41, 5.74) is 2.88. The van der Waals surface area contributed by atoms with Gasteiger partial charge in [-0.1, -0.05) is 32.9 Å². The number of aliphatic imine (C=N–C) groups is 1. The van der Waals surface area contributed by atoms with E-state index < -0.39 is 0 Å². The van der Waals surface area contributed by atoms with Gasteiger partial charge in [0.15, 0.2) is 5.96 Å². The Morgan fingerprint density at radius 2 is 1.98 bits per heavy atom. The van der Waals surface area contributed by atoms with Crippen molar-refractivity contribution in [1.29, 1.82) is 0 Å². The highest BCUT2D eigenvalue weighted by atomic mass is 19.1. The summed E-state index contributed by atoms with van der Waals surface area (Å²) in [6, 6.07) is 12.8. The predicted molar refractivity (Wildman–Crippen MR) is 164 cm³/mol. The first-order chi connectivity index (χ1) is 19.6. The number of halogens is 1. The number of aromatic nitrogens is 2. The third-order valence-electron chi connectivity index (χ3n) is 10.2. The van der Waals surface area contributed by atoms with Gasteiger partial charge >= 0.3 is 0 Å². The number of nitrogens with one attached hydrogen (secondary N) is 2. The molecule has 7 nitrogen and oxygen atoms in total. The second-order valence-electron chi connectivity index (χ2n) is 13.3. The number of nitrogens with zero attached hydrogens (tertiary/aromatic N) is 4. The van der Waals surface area contributed by atoms with Crippen molar-refractivity contribution < 1.29 is 4.39 Å². The number of hydrogen-bond donors (Lipinski definition) is 2. The van der Waals surface area contributed by atoms with Gasteiger partial charge in [-0.05, 0) is 92.2 Å². The average molecular weight is 559 g/mol. The molecule has 1 aromatic heterocycles. The van der Waals surface area contributed by atoms with Crippen molar-refractivity contribution in [3.63, 3.8) is 0 Å². The molecule has 218 valence electrons. The summed E-state index contributed by atoms with van der Waals surface area (Å²) in [4.78, 5) is 25.8. The summed E-state index contributed by atoms with van der Waals surface area (Å²) >= 11 is 0. The molecule has 1 saturated heterocycles. The van der Waals surface area contributed by atoms with Gasteiger partial charge in [0, 0.05) is 37.4 Å². The highest BCUT2D eigenvalue weighted by Crippen LogP contribution is 2.61. The van der Waals surface area contributed by atoms with Crippen molar-refractivity contribution in [1.82, 2.24) is 19.8 Å². The number of guanidine groups is 1. The Morgan fingerprint density at radius 1 is 1.20 bits per heavy atom. The maximum Gasteiger partial charge on any atom is 0.261 e. The van der Waals surface area contributed by atoms with E-state index in [0.717, 1.165) is 55.1 Å². The van der Waals surface area contributed by atoms with E-state index in [-0.39, 0.29) is 17.4 Å². The maximum atomic E-state index is 13.4. The van der Waals surface area contributed by atoms with Crippen LogP contribution in [0.5, 0.6) is 0 Å². The van der Waals surface area contributed by atoms with Gasteiger partial charge in [-0.25, -0.2) is 14.4 Å². The maximum absolute atomic E-state index is 13.4. The molecule has 3 saturated carbocycles. The lowest BCUT2D eigenvalue weighted by atomic mass is 9.45. The Kier molecular flexibility index (Phi) is 7.39. The van der Waals surface area contributed by atoms with E-state index in [1.807, 2.05) is 25.1 Å². The number of hydrogen-bond acceptors (Lipinski definition) is 4. The van der Waals surface area contributed by atoms with Crippen LogP contribution < -0.4 is 16.2 Å². The third kappa shape index (κ3) is 5.39. The molecule has 2 aromatic carbocycles. The van der Waals surface area contributed by atoms with Crippen LogP contribution in [0.2, 0.25) is 0 Å². The van der Waals surface area contributed by atoms with Crippen molar-refractivity contribution in [2.24, 2.45) is 28.2 Å². The topological polar surface area (TPSA) is 74.5 Å². The van der Waals surface area contributed by atoms with Crippen molar-refractivity contribution in [2.75, 3.05) is 25.0 Å². The van der Waals surface area contributed by atoms with Gasteiger partial charge in [-0.2, -0.15) is 0 Å². The van der Waals surface area contributed by atoms with Gasteiger partial charge in [0.25, 0.3) is 5.56 Å². The second kappa shape index (κ2) is 10.9. The predicted octanol–water partition coefficient (Wildman–Crippen LogP) is 5.47. The monoisotopic (exact) mass is 558 g/mol. The quantitative estimate of drug-likeness (QED) is 0.321. The molecule has 7 rings (SSSR count). The lowest BCUT2D eigenvalue weighted by Crippen LogP contribution is -2.57. The third-order valence-corrected chi connectivity index (χ3v) is 10.2. The Hall–Kier alpha value is -3.26. The van der Waals surface area contributed by atoms with Crippen LogP contribution in [0.25, 0.3) is 10.9 Å². The van der Waals surface area contributed by atoms with E-state index >= 15 is 0 Å². The molecule has 6 atom stereocenters. The number of rotatable bonds is 5. The van der Waals surface area contributed by atoms with Crippen molar-refractivity contribution in [2.45, 2.75) is 72.0 Å². The second-order valence-corrected chi connectivity index (χ2v) is 13.3. The number of fused-ring (bicyclic) bond motifs is 3. The zero-order chi connectivity index (χ0) is 28.9. The van der Waals surface area contributed by atoms with E-state index in [1.54, 1.807) is 23.0 Å². The number of benzene rings is 2. The van der Waals surface area contributed by atoms with Crippen molar-refractivity contribution >= 4 is 22.5 Å². The standard InChI is InChI=1S/C33H43FN6O/c1-20-18-39(13-12-35-20)32(38-29-16-24-15-28(22(29)3)33(24,4)5)37-26-10-11-27-30(17-26)36-19-40(31(27)41)21(2)14-23-6-8-25(34)9-7-23/h6-11,17,19-22,24,28-29,35H,12-16,18H2,1-5H3,(H,37,38). The number of anilines is 1. The number of piperazine rings is 1. The fourth-order valence-corrected chi connectivity index (χ4v) is 7.48. The largest absolute Gasteiger partial charge is 0.340 e. The summed E-state index contributed by atoms with van der Waals surface area (Å²) in [5.74, 6) is 2.70. The minimum absolute atomic E-state index is 0.0705. The summed E-state index contributed by atoms with van der Waals surface area (Å²) in [6.07, 6.45) is 4.73. The molecule has 0 radical (unpaired) electrons. The SMILES string of the molecule is CC1CN(C(=NC2CC3CC(C2C)C3(C)C)Nc2ccc3c(=O)n(C(C)Cc4ccc(F)cc4)cnc3c2)CCN1. The molecule has 0 spiro atoms. The van der Waals surface area contributed by atoms with E-state index in [2.05, 4.69) is 48.2 Å². The van der Waals surface area contributed by atoms with E-state index in [4.69, 9.17) is 4.99 Å². The normalized spacial score (nSPS) is 28.3. The molecule has 2 bridgehead atoms. The van der Waals surface area contributed by atoms with Crippen LogP contribution in [0.3, 0.4) is 0 Å². The molecule has 3 aliphatic carbocycles. The van der Waals surface area contributed by atoms with Gasteiger partial charge in [-0.3, -0.25) is 9.36 Å². The Bertz CT molecular complexity index is 1500. The first-order valence-corrected chi connectivity index (χ1v) is 15.2. The summed E-state index contributed by atoms with van der Waals surface area (Å²) in [5, 5.41) is 7.77. The van der Waals surface area contributed by atoms with E-state index in [0.29, 0.717) is 40.7 Å².